The molecule has 0 fully saturated rings. The van der Waals surface area contributed by atoms with Crippen LogP contribution in [-0.4, -0.2) is 25.5 Å². The van der Waals surface area contributed by atoms with E-state index in [0.29, 0.717) is 29.3 Å². The molecule has 0 aliphatic carbocycles. The van der Waals surface area contributed by atoms with Gasteiger partial charge in [-0.3, -0.25) is 9.59 Å². The van der Waals surface area contributed by atoms with E-state index in [4.69, 9.17) is 4.74 Å². The summed E-state index contributed by atoms with van der Waals surface area (Å²) in [5, 5.41) is 1.93. The van der Waals surface area contributed by atoms with E-state index in [1.165, 1.54) is 21.8 Å². The number of fused-ring (bicyclic) bond motifs is 1. The van der Waals surface area contributed by atoms with Gasteiger partial charge in [0.2, 0.25) is 0 Å². The normalized spacial score (nSPS) is 16.3. The molecule has 0 atom stereocenters. The van der Waals surface area contributed by atoms with Gasteiger partial charge in [0.05, 0.1) is 18.4 Å². The maximum atomic E-state index is 13.7. The highest BCUT2D eigenvalue weighted by Crippen LogP contribution is 2.40. The van der Waals surface area contributed by atoms with Crippen molar-refractivity contribution in [3.8, 4) is 5.75 Å². The predicted molar refractivity (Wildman–Crippen MR) is 119 cm³/mol. The molecule has 3 heterocycles. The lowest BCUT2D eigenvalue weighted by molar-refractivity contribution is -0.120. The van der Waals surface area contributed by atoms with Crippen molar-refractivity contribution in [3.05, 3.63) is 82.2 Å². The highest BCUT2D eigenvalue weighted by atomic mass is 32.1. The van der Waals surface area contributed by atoms with Crippen molar-refractivity contribution in [2.45, 2.75) is 12.8 Å². The van der Waals surface area contributed by atoms with Crippen LogP contribution in [-0.2, 0) is 16.0 Å². The van der Waals surface area contributed by atoms with Crippen LogP contribution in [0.25, 0.3) is 5.57 Å². The Balaban J connectivity index is 1.65. The van der Waals surface area contributed by atoms with E-state index in [2.05, 4.69) is 6.07 Å². The van der Waals surface area contributed by atoms with Crippen molar-refractivity contribution in [2.24, 2.45) is 0 Å². The molecule has 3 aromatic rings. The van der Waals surface area contributed by atoms with E-state index < -0.39 is 0 Å². The average molecular weight is 417 g/mol. The number of hydrogen-bond acceptors (Lipinski definition) is 5. The van der Waals surface area contributed by atoms with Crippen LogP contribution in [0, 0.1) is 0 Å². The summed E-state index contributed by atoms with van der Waals surface area (Å²) in [4.78, 5) is 31.3. The maximum absolute atomic E-state index is 13.7. The predicted octanol–water partition coefficient (Wildman–Crippen LogP) is 4.49. The van der Waals surface area contributed by atoms with Gasteiger partial charge in [0.25, 0.3) is 11.8 Å². The van der Waals surface area contributed by atoms with Gasteiger partial charge in [-0.15, -0.1) is 11.3 Å². The molecule has 2 aromatic carbocycles. The topological polar surface area (TPSA) is 49.9 Å². The van der Waals surface area contributed by atoms with Gasteiger partial charge in [0, 0.05) is 17.1 Å². The minimum absolute atomic E-state index is 0.286. The minimum atomic E-state index is -0.287. The summed E-state index contributed by atoms with van der Waals surface area (Å²) >= 11 is 1.47. The van der Waals surface area contributed by atoms with Gasteiger partial charge in [-0.05, 0) is 60.2 Å². The second-order valence-corrected chi connectivity index (χ2v) is 8.18. The van der Waals surface area contributed by atoms with Crippen molar-refractivity contribution in [2.75, 3.05) is 23.5 Å². The third-order valence-corrected chi connectivity index (χ3v) is 6.43. The largest absolute Gasteiger partial charge is 0.497 e. The zero-order chi connectivity index (χ0) is 20.7. The van der Waals surface area contributed by atoms with Crippen LogP contribution in [0.1, 0.15) is 16.9 Å². The van der Waals surface area contributed by atoms with Gasteiger partial charge in [-0.1, -0.05) is 24.3 Å². The standard InChI is InChI=1S/C24H20N2O3S/c1-29-18-12-10-17(11-13-18)26-23(27)21(20-9-5-15-30-20)22(24(26)28)25-14-4-7-16-6-2-3-8-19(16)25/h2-3,5-6,8-13,15H,4,7,14H2,1H3. The Bertz CT molecular complexity index is 1150. The molecule has 1 aromatic heterocycles. The number of nitrogens with zero attached hydrogens (tertiary/aromatic N) is 2. The fourth-order valence-electron chi connectivity index (χ4n) is 4.14. The number of hydrogen-bond donors (Lipinski definition) is 0. The van der Waals surface area contributed by atoms with Crippen molar-refractivity contribution in [1.29, 1.82) is 0 Å². The van der Waals surface area contributed by atoms with E-state index in [0.717, 1.165) is 23.4 Å². The first-order chi connectivity index (χ1) is 14.7. The van der Waals surface area contributed by atoms with Crippen molar-refractivity contribution < 1.29 is 14.3 Å². The molecule has 2 amide bonds. The van der Waals surface area contributed by atoms with Crippen molar-refractivity contribution in [1.82, 2.24) is 0 Å². The summed E-state index contributed by atoms with van der Waals surface area (Å²) in [5.74, 6) is 0.102. The van der Waals surface area contributed by atoms with Gasteiger partial charge in [-0.25, -0.2) is 4.90 Å². The first kappa shape index (κ1) is 18.6. The maximum Gasteiger partial charge on any atom is 0.282 e. The molecule has 5 nitrogen and oxygen atoms in total. The molecule has 0 radical (unpaired) electrons. The number of carbonyl (C=O) groups excluding carboxylic acids is 2. The smallest absolute Gasteiger partial charge is 0.282 e. The molecular weight excluding hydrogens is 396 g/mol. The quantitative estimate of drug-likeness (QED) is 0.588. The lowest BCUT2D eigenvalue weighted by Crippen LogP contribution is -2.37. The Hall–Kier alpha value is -3.38. The SMILES string of the molecule is COc1ccc(N2C(=O)C(c3cccs3)=C(N3CCCc4ccccc43)C2=O)cc1. The molecule has 0 N–H and O–H groups in total. The number of thiophene rings is 1. The van der Waals surface area contributed by atoms with Gasteiger partial charge in [0.1, 0.15) is 11.4 Å². The van der Waals surface area contributed by atoms with Gasteiger partial charge < -0.3 is 9.64 Å². The summed E-state index contributed by atoms with van der Waals surface area (Å²) in [6, 6.07) is 18.9. The Morgan fingerprint density at radius 2 is 1.73 bits per heavy atom. The Kier molecular flexibility index (Phi) is 4.64. The second kappa shape index (κ2) is 7.46. The first-order valence-corrected chi connectivity index (χ1v) is 10.7. The molecule has 2 aliphatic heterocycles. The molecule has 0 saturated carbocycles. The minimum Gasteiger partial charge on any atom is -0.497 e. The van der Waals surface area contributed by atoms with Gasteiger partial charge in [0.15, 0.2) is 0 Å². The molecule has 2 aliphatic rings. The van der Waals surface area contributed by atoms with Crippen LogP contribution >= 0.6 is 11.3 Å². The number of carbonyl (C=O) groups is 2. The van der Waals surface area contributed by atoms with E-state index >= 15 is 0 Å². The van der Waals surface area contributed by atoms with Gasteiger partial charge in [-0.2, -0.15) is 0 Å². The van der Waals surface area contributed by atoms with Crippen LogP contribution in [0.3, 0.4) is 0 Å². The van der Waals surface area contributed by atoms with E-state index in [1.54, 1.807) is 31.4 Å². The fraction of sp³-hybridized carbons (Fsp3) is 0.167. The number of para-hydroxylation sites is 1. The zero-order valence-corrected chi connectivity index (χ0v) is 17.3. The van der Waals surface area contributed by atoms with Crippen LogP contribution in [0.2, 0.25) is 0 Å². The Morgan fingerprint density at radius 3 is 2.47 bits per heavy atom. The number of rotatable bonds is 4. The summed E-state index contributed by atoms with van der Waals surface area (Å²) < 4.78 is 5.22. The van der Waals surface area contributed by atoms with Crippen LogP contribution in [0.15, 0.2) is 71.7 Å². The number of aryl methyl sites for hydroxylation is 1. The molecule has 6 heteroatoms. The first-order valence-electron chi connectivity index (χ1n) is 9.85. The van der Waals surface area contributed by atoms with Crippen molar-refractivity contribution in [3.63, 3.8) is 0 Å². The molecule has 0 bridgehead atoms. The van der Waals surface area contributed by atoms with E-state index in [-0.39, 0.29) is 11.8 Å². The Morgan fingerprint density at radius 1 is 0.933 bits per heavy atom. The molecule has 5 rings (SSSR count). The van der Waals surface area contributed by atoms with E-state index in [9.17, 15) is 9.59 Å². The number of amides is 2. The highest BCUT2D eigenvalue weighted by molar-refractivity contribution is 7.11. The van der Waals surface area contributed by atoms with Crippen LogP contribution in [0.5, 0.6) is 5.75 Å². The molecule has 150 valence electrons. The van der Waals surface area contributed by atoms with Crippen molar-refractivity contribution >= 4 is 40.1 Å². The Labute approximate surface area is 178 Å². The lowest BCUT2D eigenvalue weighted by Gasteiger charge is -2.32. The average Bonchev–Trinajstić information content (AvgIpc) is 3.39. The summed E-state index contributed by atoms with van der Waals surface area (Å²) in [7, 11) is 1.59. The molecular formula is C24H20N2O3S. The molecule has 0 spiro atoms. The monoisotopic (exact) mass is 416 g/mol. The number of benzene rings is 2. The molecule has 0 unspecified atom stereocenters. The summed E-state index contributed by atoms with van der Waals surface area (Å²) in [6.07, 6.45) is 1.90. The van der Waals surface area contributed by atoms with E-state index in [1.807, 2.05) is 40.6 Å². The number of anilines is 2. The fourth-order valence-corrected chi connectivity index (χ4v) is 4.91. The lowest BCUT2D eigenvalue weighted by atomic mass is 10.00. The molecule has 30 heavy (non-hydrogen) atoms. The van der Waals surface area contributed by atoms with Gasteiger partial charge >= 0.3 is 0 Å². The third-order valence-electron chi connectivity index (χ3n) is 5.54. The number of imide groups is 1. The van der Waals surface area contributed by atoms with Crippen LogP contribution < -0.4 is 14.5 Å². The summed E-state index contributed by atoms with van der Waals surface area (Å²) in [5.41, 5.74) is 3.68. The zero-order valence-electron chi connectivity index (χ0n) is 16.5. The highest BCUT2D eigenvalue weighted by Gasteiger charge is 2.43. The molecule has 0 saturated heterocycles. The second-order valence-electron chi connectivity index (χ2n) is 7.23. The number of ether oxygens (including phenoxy) is 1. The number of methoxy groups -OCH3 is 1. The van der Waals surface area contributed by atoms with Crippen LogP contribution in [0.4, 0.5) is 11.4 Å². The summed E-state index contributed by atoms with van der Waals surface area (Å²) in [6.45, 7) is 0.705. The third kappa shape index (κ3) is 2.92.